The third-order valence-corrected chi connectivity index (χ3v) is 3.35. The van der Waals surface area contributed by atoms with Crippen molar-refractivity contribution in [1.82, 2.24) is 0 Å². The number of hydrogen-bond donors (Lipinski definition) is 2. The number of ether oxygens (including phenoxy) is 2. The molecule has 0 saturated heterocycles. The van der Waals surface area contributed by atoms with E-state index < -0.39 is 6.10 Å². The Morgan fingerprint density at radius 3 is 2.53 bits per heavy atom. The first-order valence-corrected chi connectivity index (χ1v) is 7.54. The first kappa shape index (κ1) is 16.3. The lowest BCUT2D eigenvalue weighted by molar-refractivity contribution is -0.0282. The molecule has 0 aliphatic carbocycles. The van der Waals surface area contributed by atoms with Crippen molar-refractivity contribution < 1.29 is 14.6 Å². The van der Waals surface area contributed by atoms with Crippen molar-refractivity contribution in [2.75, 3.05) is 38.4 Å². The summed E-state index contributed by atoms with van der Waals surface area (Å²) in [6.45, 7) is 3.24. The Labute approximate surface area is 119 Å². The molecule has 0 fully saturated rings. The van der Waals surface area contributed by atoms with E-state index in [1.54, 1.807) is 18.9 Å². The fourth-order valence-electron chi connectivity index (χ4n) is 1.56. The van der Waals surface area contributed by atoms with Gasteiger partial charge in [-0.05, 0) is 37.4 Å². The van der Waals surface area contributed by atoms with E-state index in [-0.39, 0.29) is 6.10 Å². The number of benzene rings is 1. The second-order valence-corrected chi connectivity index (χ2v) is 5.24. The van der Waals surface area contributed by atoms with Gasteiger partial charge in [0.05, 0.1) is 25.4 Å². The van der Waals surface area contributed by atoms with Crippen LogP contribution < -0.4 is 5.32 Å². The maximum Gasteiger partial charge on any atom is 0.0945 e. The number of aliphatic hydroxyl groups excluding tert-OH is 1. The second-order valence-electron chi connectivity index (χ2n) is 4.36. The van der Waals surface area contributed by atoms with E-state index in [0.29, 0.717) is 19.8 Å². The molecular weight excluding hydrogens is 262 g/mol. The van der Waals surface area contributed by atoms with E-state index in [4.69, 9.17) is 9.47 Å². The van der Waals surface area contributed by atoms with Crippen molar-refractivity contribution in [3.05, 3.63) is 24.3 Å². The fraction of sp³-hybridized carbons (Fsp3) is 0.571. The molecule has 0 radical (unpaired) electrons. The van der Waals surface area contributed by atoms with E-state index in [9.17, 15) is 5.11 Å². The first-order valence-electron chi connectivity index (χ1n) is 6.32. The molecule has 2 N–H and O–H groups in total. The van der Waals surface area contributed by atoms with Gasteiger partial charge in [0.25, 0.3) is 0 Å². The Kier molecular flexibility index (Phi) is 7.90. The fourth-order valence-corrected chi connectivity index (χ4v) is 1.97. The monoisotopic (exact) mass is 285 g/mol. The van der Waals surface area contributed by atoms with Gasteiger partial charge in [0.15, 0.2) is 0 Å². The largest absolute Gasteiger partial charge is 0.389 e. The molecule has 2 unspecified atom stereocenters. The summed E-state index contributed by atoms with van der Waals surface area (Å²) in [5.41, 5.74) is 1.00. The molecule has 0 amide bonds. The minimum atomic E-state index is -0.528. The number of hydrogen-bond acceptors (Lipinski definition) is 5. The highest BCUT2D eigenvalue weighted by Gasteiger charge is 2.07. The molecule has 0 aliphatic rings. The van der Waals surface area contributed by atoms with Crippen LogP contribution in [0, 0.1) is 0 Å². The van der Waals surface area contributed by atoms with Gasteiger partial charge in [-0.1, -0.05) is 0 Å². The van der Waals surface area contributed by atoms with Gasteiger partial charge < -0.3 is 19.9 Å². The van der Waals surface area contributed by atoms with Crippen LogP contribution in [0.3, 0.4) is 0 Å². The zero-order chi connectivity index (χ0) is 14.1. The quantitative estimate of drug-likeness (QED) is 0.681. The lowest BCUT2D eigenvalue weighted by Gasteiger charge is -2.16. The number of anilines is 1. The molecule has 4 nitrogen and oxygen atoms in total. The SMILES string of the molecule is COCC(C)OCC(O)CNc1ccc(SC)cc1. The van der Waals surface area contributed by atoms with Gasteiger partial charge in [0, 0.05) is 24.2 Å². The predicted octanol–water partition coefficient (Wildman–Crippen LogP) is 2.23. The van der Waals surface area contributed by atoms with Crippen LogP contribution in [0.15, 0.2) is 29.2 Å². The molecule has 2 atom stereocenters. The normalized spacial score (nSPS) is 14.1. The van der Waals surface area contributed by atoms with Crippen molar-refractivity contribution in [2.45, 2.75) is 24.0 Å². The number of thioether (sulfide) groups is 1. The van der Waals surface area contributed by atoms with Gasteiger partial charge >= 0.3 is 0 Å². The Morgan fingerprint density at radius 2 is 1.95 bits per heavy atom. The van der Waals surface area contributed by atoms with Crippen molar-refractivity contribution in [3.8, 4) is 0 Å². The lowest BCUT2D eigenvalue weighted by atomic mass is 10.3. The average molecular weight is 285 g/mol. The summed E-state index contributed by atoms with van der Waals surface area (Å²) in [4.78, 5) is 1.22. The first-order chi connectivity index (χ1) is 9.15. The van der Waals surface area contributed by atoms with Crippen LogP contribution in [0.5, 0.6) is 0 Å². The van der Waals surface area contributed by atoms with Crippen molar-refractivity contribution in [2.24, 2.45) is 0 Å². The van der Waals surface area contributed by atoms with Gasteiger partial charge in [-0.3, -0.25) is 0 Å². The summed E-state index contributed by atoms with van der Waals surface area (Å²) in [6, 6.07) is 8.12. The minimum absolute atomic E-state index is 0.000475. The van der Waals surface area contributed by atoms with Gasteiger partial charge in [0.1, 0.15) is 0 Å². The van der Waals surface area contributed by atoms with Crippen molar-refractivity contribution in [3.63, 3.8) is 0 Å². The number of aliphatic hydroxyl groups is 1. The zero-order valence-corrected chi connectivity index (χ0v) is 12.6. The zero-order valence-electron chi connectivity index (χ0n) is 11.8. The predicted molar refractivity (Wildman–Crippen MR) is 80.0 cm³/mol. The second kappa shape index (κ2) is 9.20. The molecule has 1 rings (SSSR count). The molecule has 1 aromatic rings. The number of nitrogens with one attached hydrogen (secondary N) is 1. The van der Waals surface area contributed by atoms with Crippen LogP contribution in [-0.4, -0.2) is 50.4 Å². The van der Waals surface area contributed by atoms with E-state index in [1.807, 2.05) is 25.3 Å². The lowest BCUT2D eigenvalue weighted by Crippen LogP contribution is -2.28. The van der Waals surface area contributed by atoms with Gasteiger partial charge in [-0.15, -0.1) is 11.8 Å². The summed E-state index contributed by atoms with van der Waals surface area (Å²) in [7, 11) is 1.64. The Bertz CT molecular complexity index is 345. The summed E-state index contributed by atoms with van der Waals surface area (Å²) in [5, 5.41) is 13.0. The van der Waals surface area contributed by atoms with E-state index in [2.05, 4.69) is 17.4 Å². The van der Waals surface area contributed by atoms with Crippen LogP contribution >= 0.6 is 11.8 Å². The van der Waals surface area contributed by atoms with Gasteiger partial charge in [-0.25, -0.2) is 0 Å². The van der Waals surface area contributed by atoms with Crippen LogP contribution in [0.25, 0.3) is 0 Å². The molecule has 0 aromatic heterocycles. The van der Waals surface area contributed by atoms with Gasteiger partial charge in [0.2, 0.25) is 0 Å². The van der Waals surface area contributed by atoms with Crippen LogP contribution in [0.4, 0.5) is 5.69 Å². The minimum Gasteiger partial charge on any atom is -0.389 e. The molecule has 0 bridgehead atoms. The summed E-state index contributed by atoms with van der Waals surface area (Å²) >= 11 is 1.71. The molecular formula is C14H23NO3S. The van der Waals surface area contributed by atoms with E-state index in [0.717, 1.165) is 5.69 Å². The van der Waals surface area contributed by atoms with Gasteiger partial charge in [-0.2, -0.15) is 0 Å². The summed E-state index contributed by atoms with van der Waals surface area (Å²) in [5.74, 6) is 0. The average Bonchev–Trinajstić information content (AvgIpc) is 2.44. The molecule has 0 spiro atoms. The highest BCUT2D eigenvalue weighted by atomic mass is 32.2. The van der Waals surface area contributed by atoms with Crippen LogP contribution in [0.2, 0.25) is 0 Å². The highest BCUT2D eigenvalue weighted by Crippen LogP contribution is 2.17. The van der Waals surface area contributed by atoms with Crippen LogP contribution in [0.1, 0.15) is 6.92 Å². The highest BCUT2D eigenvalue weighted by molar-refractivity contribution is 7.98. The summed E-state index contributed by atoms with van der Waals surface area (Å²) in [6.07, 6.45) is 1.52. The molecule has 0 heterocycles. The smallest absolute Gasteiger partial charge is 0.0945 e. The topological polar surface area (TPSA) is 50.7 Å². The number of methoxy groups -OCH3 is 1. The standard InChI is InChI=1S/C14H23NO3S/c1-11(9-17-2)18-10-13(16)8-15-12-4-6-14(19-3)7-5-12/h4-7,11,13,15-16H,8-10H2,1-3H3. The van der Waals surface area contributed by atoms with E-state index in [1.165, 1.54) is 4.90 Å². The molecule has 1 aromatic carbocycles. The Hall–Kier alpha value is -0.750. The van der Waals surface area contributed by atoms with Crippen molar-refractivity contribution >= 4 is 17.4 Å². The van der Waals surface area contributed by atoms with E-state index >= 15 is 0 Å². The van der Waals surface area contributed by atoms with Crippen LogP contribution in [-0.2, 0) is 9.47 Å². The number of rotatable bonds is 9. The molecule has 5 heteroatoms. The summed E-state index contributed by atoms with van der Waals surface area (Å²) < 4.78 is 10.4. The molecule has 0 aliphatic heterocycles. The third kappa shape index (κ3) is 6.82. The van der Waals surface area contributed by atoms with Crippen molar-refractivity contribution in [1.29, 1.82) is 0 Å². The molecule has 19 heavy (non-hydrogen) atoms. The third-order valence-electron chi connectivity index (χ3n) is 2.61. The Balaban J connectivity index is 2.23. The molecule has 0 saturated carbocycles. The molecule has 108 valence electrons. The Morgan fingerprint density at radius 1 is 1.26 bits per heavy atom. The maximum atomic E-state index is 9.80. The maximum absolute atomic E-state index is 9.80.